The third-order valence-corrected chi connectivity index (χ3v) is 5.67. The van der Waals surface area contributed by atoms with Crippen LogP contribution in [0.3, 0.4) is 0 Å². The second-order valence-electron chi connectivity index (χ2n) is 6.98. The van der Waals surface area contributed by atoms with Crippen molar-refractivity contribution in [3.63, 3.8) is 0 Å². The van der Waals surface area contributed by atoms with Gasteiger partial charge in [0.15, 0.2) is 11.5 Å². The lowest BCUT2D eigenvalue weighted by Crippen LogP contribution is -2.24. The summed E-state index contributed by atoms with van der Waals surface area (Å²) < 4.78 is 23.7. The predicted octanol–water partition coefficient (Wildman–Crippen LogP) is 4.93. The fourth-order valence-electron chi connectivity index (χ4n) is 2.94. The van der Waals surface area contributed by atoms with Crippen molar-refractivity contribution >= 4 is 34.9 Å². The lowest BCUT2D eigenvalue weighted by atomic mass is 10.1. The normalized spacial score (nSPS) is 10.8. The van der Waals surface area contributed by atoms with Crippen molar-refractivity contribution in [1.82, 2.24) is 4.90 Å². The Bertz CT molecular complexity index is 1150. The van der Waals surface area contributed by atoms with Crippen LogP contribution in [-0.4, -0.2) is 45.0 Å². The molecule has 0 spiro atoms. The van der Waals surface area contributed by atoms with Crippen molar-refractivity contribution in [2.45, 2.75) is 0 Å². The highest BCUT2D eigenvalue weighted by Gasteiger charge is 2.19. The first kappa shape index (κ1) is 23.0. The second-order valence-corrected chi connectivity index (χ2v) is 8.10. The van der Waals surface area contributed by atoms with Crippen LogP contribution in [-0.2, 0) is 4.79 Å². The van der Waals surface area contributed by atoms with Gasteiger partial charge in [-0.15, -0.1) is 11.3 Å². The number of thiophene rings is 1. The zero-order chi connectivity index (χ0) is 23.3. The predicted molar refractivity (Wildman–Crippen MR) is 125 cm³/mol. The number of nitrogens with one attached hydrogen (secondary N) is 1. The van der Waals surface area contributed by atoms with Gasteiger partial charge in [-0.05, 0) is 42.0 Å². The highest BCUT2D eigenvalue weighted by Crippen LogP contribution is 2.34. The molecule has 2 amide bonds. The van der Waals surface area contributed by atoms with Gasteiger partial charge in [0, 0.05) is 36.0 Å². The molecule has 1 N–H and O–H groups in total. The Hall–Kier alpha value is -3.65. The molecule has 0 saturated heterocycles. The number of anilines is 1. The van der Waals surface area contributed by atoms with E-state index in [2.05, 4.69) is 5.32 Å². The summed E-state index contributed by atoms with van der Waals surface area (Å²) in [6.45, 7) is 0. The van der Waals surface area contributed by atoms with E-state index < -0.39 is 5.91 Å². The number of benzene rings is 2. The van der Waals surface area contributed by atoms with Gasteiger partial charge in [-0.25, -0.2) is 4.39 Å². The average Bonchev–Trinajstić information content (AvgIpc) is 3.26. The Morgan fingerprint density at radius 1 is 1.00 bits per heavy atom. The minimum atomic E-state index is -0.401. The average molecular weight is 455 g/mol. The number of ether oxygens (including phenoxy) is 2. The maximum Gasteiger partial charge on any atom is 0.255 e. The first-order chi connectivity index (χ1) is 15.3. The summed E-state index contributed by atoms with van der Waals surface area (Å²) in [5.74, 6) is -0.194. The van der Waals surface area contributed by atoms with E-state index in [-0.39, 0.29) is 17.3 Å². The summed E-state index contributed by atoms with van der Waals surface area (Å²) in [5, 5.41) is 2.74. The van der Waals surface area contributed by atoms with Crippen LogP contribution in [0.4, 0.5) is 10.1 Å². The van der Waals surface area contributed by atoms with E-state index in [0.29, 0.717) is 17.2 Å². The van der Waals surface area contributed by atoms with Crippen molar-refractivity contribution in [1.29, 1.82) is 0 Å². The Labute approximate surface area is 189 Å². The second kappa shape index (κ2) is 10.1. The molecule has 0 radical (unpaired) electrons. The lowest BCUT2D eigenvalue weighted by Gasteiger charge is -2.17. The molecule has 0 bridgehead atoms. The van der Waals surface area contributed by atoms with Gasteiger partial charge in [0.1, 0.15) is 5.82 Å². The highest BCUT2D eigenvalue weighted by atomic mass is 32.1. The molecule has 32 heavy (non-hydrogen) atoms. The SMILES string of the molecule is COc1cc(NC(=O)/C=C/c2ccc(-c3ccc(F)cc3)s2)c(C(=O)N(C)C)cc1OC. The molecule has 3 aromatic rings. The van der Waals surface area contributed by atoms with Crippen LogP contribution in [0.1, 0.15) is 15.2 Å². The van der Waals surface area contributed by atoms with Crippen LogP contribution < -0.4 is 14.8 Å². The zero-order valence-corrected chi connectivity index (χ0v) is 19.0. The number of halogens is 1. The molecule has 6 nitrogen and oxygen atoms in total. The minimum absolute atomic E-state index is 0.282. The molecule has 1 aromatic heterocycles. The molecule has 0 fully saturated rings. The molecule has 0 atom stereocenters. The molecule has 0 aliphatic carbocycles. The van der Waals surface area contributed by atoms with Crippen LogP contribution in [0.25, 0.3) is 16.5 Å². The highest BCUT2D eigenvalue weighted by molar-refractivity contribution is 7.16. The van der Waals surface area contributed by atoms with Crippen LogP contribution in [0, 0.1) is 5.82 Å². The van der Waals surface area contributed by atoms with Crippen molar-refractivity contribution < 1.29 is 23.5 Å². The van der Waals surface area contributed by atoms with Crippen molar-refractivity contribution in [2.24, 2.45) is 0 Å². The monoisotopic (exact) mass is 454 g/mol. The lowest BCUT2D eigenvalue weighted by molar-refractivity contribution is -0.111. The van der Waals surface area contributed by atoms with E-state index in [1.165, 1.54) is 54.7 Å². The fourth-order valence-corrected chi connectivity index (χ4v) is 3.86. The van der Waals surface area contributed by atoms with Gasteiger partial charge >= 0.3 is 0 Å². The van der Waals surface area contributed by atoms with Crippen LogP contribution >= 0.6 is 11.3 Å². The van der Waals surface area contributed by atoms with Crippen LogP contribution in [0.2, 0.25) is 0 Å². The molecule has 2 aromatic carbocycles. The van der Waals surface area contributed by atoms with Gasteiger partial charge in [-0.1, -0.05) is 12.1 Å². The quantitative estimate of drug-likeness (QED) is 0.515. The van der Waals surface area contributed by atoms with E-state index >= 15 is 0 Å². The third-order valence-electron chi connectivity index (χ3n) is 4.57. The third kappa shape index (κ3) is 5.33. The summed E-state index contributed by atoms with van der Waals surface area (Å²) in [5.41, 5.74) is 1.50. The number of rotatable bonds is 7. The Balaban J connectivity index is 1.80. The summed E-state index contributed by atoms with van der Waals surface area (Å²) >= 11 is 1.48. The van der Waals surface area contributed by atoms with Gasteiger partial charge in [0.05, 0.1) is 25.5 Å². The summed E-state index contributed by atoms with van der Waals surface area (Å²) in [7, 11) is 6.20. The maximum atomic E-state index is 13.1. The zero-order valence-electron chi connectivity index (χ0n) is 18.1. The van der Waals surface area contributed by atoms with E-state index in [4.69, 9.17) is 9.47 Å². The van der Waals surface area contributed by atoms with E-state index in [1.807, 2.05) is 12.1 Å². The van der Waals surface area contributed by atoms with Gasteiger partial charge in [-0.2, -0.15) is 0 Å². The molecule has 1 heterocycles. The number of carbonyl (C=O) groups excluding carboxylic acids is 2. The van der Waals surface area contributed by atoms with E-state index in [1.54, 1.807) is 38.4 Å². The van der Waals surface area contributed by atoms with Crippen molar-refractivity contribution in [3.8, 4) is 21.9 Å². The summed E-state index contributed by atoms with van der Waals surface area (Å²) in [6.07, 6.45) is 3.07. The molecule has 0 aliphatic heterocycles. The molecule has 0 unspecified atom stereocenters. The molecule has 0 aliphatic rings. The minimum Gasteiger partial charge on any atom is -0.493 e. The van der Waals surface area contributed by atoms with Gasteiger partial charge in [0.25, 0.3) is 5.91 Å². The molecule has 3 rings (SSSR count). The number of nitrogens with zero attached hydrogens (tertiary/aromatic N) is 1. The number of hydrogen-bond donors (Lipinski definition) is 1. The first-order valence-electron chi connectivity index (χ1n) is 9.65. The fraction of sp³-hybridized carbons (Fsp3) is 0.167. The van der Waals surface area contributed by atoms with Crippen LogP contribution in [0.15, 0.2) is 54.6 Å². The van der Waals surface area contributed by atoms with Crippen molar-refractivity contribution in [3.05, 3.63) is 70.9 Å². The van der Waals surface area contributed by atoms with Gasteiger partial charge in [0.2, 0.25) is 5.91 Å². The Morgan fingerprint density at radius 3 is 2.28 bits per heavy atom. The molecule has 8 heteroatoms. The Kier molecular flexibility index (Phi) is 7.27. The molecule has 166 valence electrons. The number of methoxy groups -OCH3 is 2. The summed E-state index contributed by atoms with van der Waals surface area (Å²) in [4.78, 5) is 28.4. The standard InChI is InChI=1S/C24H23FN2O4S/c1-27(2)24(29)18-13-20(30-3)21(31-4)14-19(18)26-23(28)12-10-17-9-11-22(32-17)15-5-7-16(25)8-6-15/h5-14H,1-4H3,(H,26,28)/b12-10+. The number of hydrogen-bond acceptors (Lipinski definition) is 5. The molecule has 0 saturated carbocycles. The smallest absolute Gasteiger partial charge is 0.255 e. The van der Waals surface area contributed by atoms with Crippen LogP contribution in [0.5, 0.6) is 11.5 Å². The Morgan fingerprint density at radius 2 is 1.66 bits per heavy atom. The maximum absolute atomic E-state index is 13.1. The molecular weight excluding hydrogens is 431 g/mol. The van der Waals surface area contributed by atoms with Gasteiger partial charge in [-0.3, -0.25) is 9.59 Å². The van der Waals surface area contributed by atoms with E-state index in [9.17, 15) is 14.0 Å². The number of amides is 2. The van der Waals surface area contributed by atoms with Gasteiger partial charge < -0.3 is 19.7 Å². The largest absolute Gasteiger partial charge is 0.493 e. The topological polar surface area (TPSA) is 67.9 Å². The summed E-state index contributed by atoms with van der Waals surface area (Å²) in [6, 6.07) is 13.1. The molecular formula is C24H23FN2O4S. The van der Waals surface area contributed by atoms with Crippen molar-refractivity contribution in [2.75, 3.05) is 33.6 Å². The first-order valence-corrected chi connectivity index (χ1v) is 10.5. The number of carbonyl (C=O) groups is 2. The van der Waals surface area contributed by atoms with E-state index in [0.717, 1.165) is 15.3 Å².